The molecule has 5 heteroatoms. The Morgan fingerprint density at radius 1 is 1.12 bits per heavy atom. The highest BCUT2D eigenvalue weighted by molar-refractivity contribution is 7.80. The molecule has 0 bridgehead atoms. The molecular weight excluding hydrogens is 340 g/mol. The molecule has 1 aliphatic heterocycles. The molecule has 1 fully saturated rings. The van der Waals surface area contributed by atoms with Crippen molar-refractivity contribution in [2.75, 3.05) is 4.90 Å². The molecule has 0 amide bonds. The van der Waals surface area contributed by atoms with Gasteiger partial charge in [0.15, 0.2) is 5.11 Å². The first-order valence-corrected chi connectivity index (χ1v) is 9.29. The Morgan fingerprint density at radius 2 is 1.92 bits per heavy atom. The molecule has 0 spiro atoms. The van der Waals surface area contributed by atoms with Crippen LogP contribution in [0.4, 0.5) is 5.69 Å². The number of aryl methyl sites for hydroxylation is 2. The average molecular weight is 363 g/mol. The van der Waals surface area contributed by atoms with Crippen LogP contribution in [-0.2, 0) is 13.5 Å². The van der Waals surface area contributed by atoms with Gasteiger partial charge in [0, 0.05) is 31.3 Å². The molecule has 0 radical (unpaired) electrons. The topological polar surface area (TPSA) is 33.1 Å². The molecular formula is C21H22N4S. The fraction of sp³-hybridized carbons (Fsp3) is 0.238. The smallest absolute Gasteiger partial charge is 0.174 e. The number of rotatable bonds is 4. The van der Waals surface area contributed by atoms with E-state index in [4.69, 9.17) is 12.2 Å². The van der Waals surface area contributed by atoms with Crippen molar-refractivity contribution in [2.24, 2.45) is 7.05 Å². The summed E-state index contributed by atoms with van der Waals surface area (Å²) in [5.41, 5.74) is 4.64. The maximum atomic E-state index is 5.72. The van der Waals surface area contributed by atoms with Crippen molar-refractivity contribution >= 4 is 23.0 Å². The number of nitrogens with zero attached hydrogens (tertiary/aromatic N) is 3. The highest BCUT2D eigenvalue weighted by atomic mass is 32.1. The lowest BCUT2D eigenvalue weighted by Gasteiger charge is -2.27. The van der Waals surface area contributed by atoms with Gasteiger partial charge in [0.1, 0.15) is 0 Å². The summed E-state index contributed by atoms with van der Waals surface area (Å²) in [7, 11) is 2.04. The number of aromatic nitrogens is 2. The maximum Gasteiger partial charge on any atom is 0.174 e. The van der Waals surface area contributed by atoms with Crippen LogP contribution in [0.1, 0.15) is 35.8 Å². The Balaban J connectivity index is 1.79. The van der Waals surface area contributed by atoms with Gasteiger partial charge in [-0.05, 0) is 60.1 Å². The number of hydrogen-bond acceptors (Lipinski definition) is 2. The zero-order chi connectivity index (χ0) is 18.1. The van der Waals surface area contributed by atoms with Gasteiger partial charge in [-0.1, -0.05) is 25.1 Å². The summed E-state index contributed by atoms with van der Waals surface area (Å²) in [6.07, 6.45) is 7.09. The Bertz CT molecular complexity index is 901. The third kappa shape index (κ3) is 2.99. The Hall–Kier alpha value is -2.66. The summed E-state index contributed by atoms with van der Waals surface area (Å²) in [6, 6.07) is 16.9. The molecule has 2 atom stereocenters. The van der Waals surface area contributed by atoms with Gasteiger partial charge in [-0.15, -0.1) is 0 Å². The zero-order valence-corrected chi connectivity index (χ0v) is 15.8. The van der Waals surface area contributed by atoms with Gasteiger partial charge < -0.3 is 14.8 Å². The second-order valence-electron chi connectivity index (χ2n) is 6.63. The lowest BCUT2D eigenvalue weighted by atomic mass is 9.98. The van der Waals surface area contributed by atoms with E-state index in [0.717, 1.165) is 22.9 Å². The zero-order valence-electron chi connectivity index (χ0n) is 15.0. The summed E-state index contributed by atoms with van der Waals surface area (Å²) in [5, 5.41) is 4.23. The predicted octanol–water partition coefficient (Wildman–Crippen LogP) is 4.16. The SMILES string of the molecule is CCc1ccc(N2C(=S)N[C@H](c3ccccn3)[C@H]2c2ccn(C)c2)cc1. The monoisotopic (exact) mass is 362 g/mol. The molecule has 26 heavy (non-hydrogen) atoms. The summed E-state index contributed by atoms with van der Waals surface area (Å²) in [4.78, 5) is 6.79. The van der Waals surface area contributed by atoms with Gasteiger partial charge in [0.05, 0.1) is 17.8 Å². The van der Waals surface area contributed by atoms with E-state index in [2.05, 4.69) is 75.5 Å². The van der Waals surface area contributed by atoms with E-state index in [9.17, 15) is 0 Å². The number of hydrogen-bond donors (Lipinski definition) is 1. The summed E-state index contributed by atoms with van der Waals surface area (Å²) in [5.74, 6) is 0. The standard InChI is InChI=1S/C21H22N4S/c1-3-15-7-9-17(10-8-15)25-20(16-11-13-24(2)14-16)19(23-21(25)26)18-6-4-5-12-22-18/h4-14,19-20H,3H2,1-2H3,(H,23,26)/t19-,20-/m1/s1. The highest BCUT2D eigenvalue weighted by Crippen LogP contribution is 2.41. The number of thiocarbonyl (C=S) groups is 1. The van der Waals surface area contributed by atoms with Gasteiger partial charge in [0.25, 0.3) is 0 Å². The van der Waals surface area contributed by atoms with E-state index in [0.29, 0.717) is 0 Å². The quantitative estimate of drug-likeness (QED) is 0.707. The largest absolute Gasteiger partial charge is 0.357 e. The van der Waals surface area contributed by atoms with Gasteiger partial charge in [0.2, 0.25) is 0 Å². The van der Waals surface area contributed by atoms with Gasteiger partial charge >= 0.3 is 0 Å². The molecule has 1 N–H and O–H groups in total. The van der Waals surface area contributed by atoms with Crippen molar-refractivity contribution in [3.8, 4) is 0 Å². The molecule has 4 nitrogen and oxygen atoms in total. The van der Waals surface area contributed by atoms with E-state index in [1.807, 2.05) is 25.4 Å². The molecule has 0 saturated carbocycles. The minimum Gasteiger partial charge on any atom is -0.357 e. The van der Waals surface area contributed by atoms with Crippen LogP contribution in [-0.4, -0.2) is 14.7 Å². The fourth-order valence-corrected chi connectivity index (χ4v) is 3.91. The van der Waals surface area contributed by atoms with Crippen LogP contribution >= 0.6 is 12.2 Å². The Morgan fingerprint density at radius 3 is 2.54 bits per heavy atom. The van der Waals surface area contributed by atoms with Crippen LogP contribution in [0.25, 0.3) is 0 Å². The molecule has 2 aromatic heterocycles. The minimum atomic E-state index is 0.0111. The number of nitrogens with one attached hydrogen (secondary N) is 1. The van der Waals surface area contributed by atoms with Gasteiger partial charge in [-0.25, -0.2) is 0 Å². The first kappa shape index (κ1) is 16.8. The lowest BCUT2D eigenvalue weighted by molar-refractivity contribution is 0.567. The highest BCUT2D eigenvalue weighted by Gasteiger charge is 2.40. The van der Waals surface area contributed by atoms with Crippen molar-refractivity contribution in [3.63, 3.8) is 0 Å². The third-order valence-electron chi connectivity index (χ3n) is 4.92. The normalized spacial score (nSPS) is 19.6. The van der Waals surface area contributed by atoms with Crippen molar-refractivity contribution in [1.82, 2.24) is 14.9 Å². The fourth-order valence-electron chi connectivity index (χ4n) is 3.56. The van der Waals surface area contributed by atoms with Crippen LogP contribution in [0, 0.1) is 0 Å². The minimum absolute atomic E-state index is 0.0111. The van der Waals surface area contributed by atoms with Crippen LogP contribution in [0.2, 0.25) is 0 Å². The molecule has 3 aromatic rings. The number of benzene rings is 1. The third-order valence-corrected chi connectivity index (χ3v) is 5.23. The second-order valence-corrected chi connectivity index (χ2v) is 7.01. The van der Waals surface area contributed by atoms with Crippen LogP contribution in [0.3, 0.4) is 0 Å². The van der Waals surface area contributed by atoms with E-state index in [1.165, 1.54) is 11.1 Å². The van der Waals surface area contributed by atoms with Gasteiger partial charge in [-0.3, -0.25) is 4.98 Å². The molecule has 4 rings (SSSR count). The molecule has 3 heterocycles. The van der Waals surface area contributed by atoms with E-state index in [1.54, 1.807) is 0 Å². The molecule has 132 valence electrons. The number of pyridine rings is 1. The Kier molecular flexibility index (Phi) is 4.47. The van der Waals surface area contributed by atoms with Crippen molar-refractivity contribution < 1.29 is 0 Å². The number of anilines is 1. The maximum absolute atomic E-state index is 5.72. The average Bonchev–Trinajstić information content (AvgIpc) is 3.25. The molecule has 0 aliphatic carbocycles. The molecule has 1 saturated heterocycles. The van der Waals surface area contributed by atoms with Crippen LogP contribution in [0.15, 0.2) is 67.1 Å². The van der Waals surface area contributed by atoms with Crippen LogP contribution in [0.5, 0.6) is 0 Å². The van der Waals surface area contributed by atoms with E-state index < -0.39 is 0 Å². The second kappa shape index (κ2) is 6.92. The molecule has 1 aliphatic rings. The summed E-state index contributed by atoms with van der Waals surface area (Å²) >= 11 is 5.72. The molecule has 1 aromatic carbocycles. The van der Waals surface area contributed by atoms with E-state index in [-0.39, 0.29) is 12.1 Å². The lowest BCUT2D eigenvalue weighted by Crippen LogP contribution is -2.29. The Labute approximate surface area is 159 Å². The van der Waals surface area contributed by atoms with Crippen LogP contribution < -0.4 is 10.2 Å². The molecule has 0 unspecified atom stereocenters. The van der Waals surface area contributed by atoms with E-state index >= 15 is 0 Å². The summed E-state index contributed by atoms with van der Waals surface area (Å²) in [6.45, 7) is 2.17. The van der Waals surface area contributed by atoms with Crippen molar-refractivity contribution in [3.05, 3.63) is 83.9 Å². The first-order chi connectivity index (χ1) is 12.7. The predicted molar refractivity (Wildman–Crippen MR) is 109 cm³/mol. The van der Waals surface area contributed by atoms with Gasteiger partial charge in [-0.2, -0.15) is 0 Å². The first-order valence-electron chi connectivity index (χ1n) is 8.89. The van der Waals surface area contributed by atoms with Crippen molar-refractivity contribution in [1.29, 1.82) is 0 Å². The van der Waals surface area contributed by atoms with Crippen molar-refractivity contribution in [2.45, 2.75) is 25.4 Å². The summed E-state index contributed by atoms with van der Waals surface area (Å²) < 4.78 is 2.07.